The van der Waals surface area contributed by atoms with Crippen LogP contribution in [0.2, 0.25) is 5.02 Å². The Morgan fingerprint density at radius 2 is 1.68 bits per heavy atom. The molecule has 2 rings (SSSR count). The number of hydrogen-bond acceptors (Lipinski definition) is 5. The Balaban J connectivity index is 1.92. The maximum atomic E-state index is 13.2. The maximum Gasteiger partial charge on any atom is 0.238 e. The lowest BCUT2D eigenvalue weighted by molar-refractivity contribution is -0.119. The summed E-state index contributed by atoms with van der Waals surface area (Å²) in [6.07, 6.45) is 0. The van der Waals surface area contributed by atoms with Gasteiger partial charge in [0.2, 0.25) is 11.8 Å². The van der Waals surface area contributed by atoms with E-state index >= 15 is 0 Å². The van der Waals surface area contributed by atoms with Crippen LogP contribution in [0.1, 0.15) is 0 Å². The van der Waals surface area contributed by atoms with E-state index in [2.05, 4.69) is 10.6 Å². The van der Waals surface area contributed by atoms with Crippen molar-refractivity contribution < 1.29 is 23.5 Å². The van der Waals surface area contributed by atoms with Gasteiger partial charge in [-0.2, -0.15) is 0 Å². The van der Waals surface area contributed by atoms with Gasteiger partial charge < -0.3 is 20.1 Å². The Bertz CT molecular complexity index is 863. The number of amides is 2. The summed E-state index contributed by atoms with van der Waals surface area (Å²) in [6.45, 7) is -0.103. The number of ether oxygens (including phenoxy) is 2. The third-order valence-electron chi connectivity index (χ3n) is 3.68. The van der Waals surface area contributed by atoms with Gasteiger partial charge in [-0.3, -0.25) is 14.5 Å². The molecule has 2 aromatic carbocycles. The van der Waals surface area contributed by atoms with Crippen LogP contribution in [0.5, 0.6) is 11.5 Å². The minimum Gasteiger partial charge on any atom is -0.495 e. The van der Waals surface area contributed by atoms with E-state index in [4.69, 9.17) is 21.1 Å². The highest BCUT2D eigenvalue weighted by Crippen LogP contribution is 2.35. The molecule has 0 aliphatic rings. The molecule has 0 radical (unpaired) electrons. The van der Waals surface area contributed by atoms with Gasteiger partial charge in [-0.25, -0.2) is 4.39 Å². The van der Waals surface area contributed by atoms with Crippen molar-refractivity contribution in [2.45, 2.75) is 0 Å². The lowest BCUT2D eigenvalue weighted by atomic mass is 10.2. The summed E-state index contributed by atoms with van der Waals surface area (Å²) in [5.74, 6) is -0.368. The molecule has 0 spiro atoms. The van der Waals surface area contributed by atoms with Gasteiger partial charge in [0.05, 0.1) is 38.0 Å². The number of benzene rings is 2. The molecule has 9 heteroatoms. The summed E-state index contributed by atoms with van der Waals surface area (Å²) in [6, 6.07) is 8.65. The van der Waals surface area contributed by atoms with E-state index in [1.54, 1.807) is 19.2 Å². The Morgan fingerprint density at radius 3 is 2.29 bits per heavy atom. The smallest absolute Gasteiger partial charge is 0.238 e. The van der Waals surface area contributed by atoms with Crippen molar-refractivity contribution in [1.82, 2.24) is 4.90 Å². The Labute approximate surface area is 167 Å². The fraction of sp³-hybridized carbons (Fsp3) is 0.263. The lowest BCUT2D eigenvalue weighted by Gasteiger charge is -2.17. The predicted molar refractivity (Wildman–Crippen MR) is 106 cm³/mol. The van der Waals surface area contributed by atoms with Crippen LogP contribution >= 0.6 is 11.6 Å². The summed E-state index contributed by atoms with van der Waals surface area (Å²) < 4.78 is 23.5. The molecule has 2 N–H and O–H groups in total. The van der Waals surface area contributed by atoms with Crippen molar-refractivity contribution in [3.05, 3.63) is 47.2 Å². The maximum absolute atomic E-state index is 13.2. The normalized spacial score (nSPS) is 10.5. The zero-order valence-corrected chi connectivity index (χ0v) is 16.5. The average Bonchev–Trinajstić information content (AvgIpc) is 2.61. The topological polar surface area (TPSA) is 79.9 Å². The molecule has 0 aliphatic heterocycles. The van der Waals surface area contributed by atoms with Gasteiger partial charge in [0.1, 0.15) is 17.3 Å². The summed E-state index contributed by atoms with van der Waals surface area (Å²) in [7, 11) is 4.55. The van der Waals surface area contributed by atoms with Crippen LogP contribution < -0.4 is 20.1 Å². The van der Waals surface area contributed by atoms with E-state index in [1.165, 1.54) is 43.4 Å². The summed E-state index contributed by atoms with van der Waals surface area (Å²) in [4.78, 5) is 25.8. The standard InChI is InChI=1S/C19H21ClFN3O4/c1-24(10-18(25)22-13-6-4-5-12(21)7-13)11-19(26)23-15-8-14(20)16(27-2)9-17(15)28-3/h4-9H,10-11H2,1-3H3,(H,22,25)(H,23,26). The first kappa shape index (κ1) is 21.5. The molecule has 2 aromatic rings. The second-order valence-electron chi connectivity index (χ2n) is 5.97. The van der Waals surface area contributed by atoms with Gasteiger partial charge in [0.15, 0.2) is 0 Å². The van der Waals surface area contributed by atoms with Crippen LogP contribution in [0.25, 0.3) is 0 Å². The molecular formula is C19H21ClFN3O4. The summed E-state index contributed by atoms with van der Waals surface area (Å²) in [5.41, 5.74) is 0.733. The molecule has 0 aromatic heterocycles. The number of anilines is 2. The number of rotatable bonds is 8. The zero-order chi connectivity index (χ0) is 20.7. The summed E-state index contributed by atoms with van der Waals surface area (Å²) >= 11 is 6.08. The van der Waals surface area contributed by atoms with E-state index < -0.39 is 5.82 Å². The molecule has 0 heterocycles. The lowest BCUT2D eigenvalue weighted by Crippen LogP contribution is -2.36. The van der Waals surface area contributed by atoms with Gasteiger partial charge in [-0.1, -0.05) is 17.7 Å². The number of nitrogens with one attached hydrogen (secondary N) is 2. The summed E-state index contributed by atoms with van der Waals surface area (Å²) in [5, 5.41) is 5.58. The van der Waals surface area contributed by atoms with Crippen molar-refractivity contribution in [3.8, 4) is 11.5 Å². The first-order valence-corrected chi connectivity index (χ1v) is 8.65. The third kappa shape index (κ3) is 6.11. The molecule has 7 nitrogen and oxygen atoms in total. The van der Waals surface area contributed by atoms with Crippen LogP contribution in [-0.2, 0) is 9.59 Å². The molecule has 150 valence electrons. The monoisotopic (exact) mass is 409 g/mol. The minimum atomic E-state index is -0.447. The number of carbonyl (C=O) groups excluding carboxylic acids is 2. The molecular weight excluding hydrogens is 389 g/mol. The van der Waals surface area contributed by atoms with E-state index in [0.717, 1.165) is 0 Å². The van der Waals surface area contributed by atoms with Gasteiger partial charge >= 0.3 is 0 Å². The quantitative estimate of drug-likeness (QED) is 0.700. The number of carbonyl (C=O) groups is 2. The van der Waals surface area contributed by atoms with Gasteiger partial charge in [0.25, 0.3) is 0 Å². The molecule has 0 atom stereocenters. The first-order valence-electron chi connectivity index (χ1n) is 8.27. The average molecular weight is 410 g/mol. The highest BCUT2D eigenvalue weighted by Gasteiger charge is 2.15. The Morgan fingerprint density at radius 1 is 1.04 bits per heavy atom. The van der Waals surface area contributed by atoms with Crippen LogP contribution in [0.4, 0.5) is 15.8 Å². The highest BCUT2D eigenvalue weighted by atomic mass is 35.5. The molecule has 0 unspecified atom stereocenters. The fourth-order valence-corrected chi connectivity index (χ4v) is 2.70. The second kappa shape index (κ2) is 9.91. The van der Waals surface area contributed by atoms with Crippen LogP contribution in [0.3, 0.4) is 0 Å². The molecule has 0 aliphatic carbocycles. The molecule has 2 amide bonds. The molecule has 0 saturated carbocycles. The first-order chi connectivity index (χ1) is 13.3. The highest BCUT2D eigenvalue weighted by molar-refractivity contribution is 6.32. The molecule has 0 fully saturated rings. The third-order valence-corrected chi connectivity index (χ3v) is 3.98. The van der Waals surface area contributed by atoms with Crippen molar-refractivity contribution in [3.63, 3.8) is 0 Å². The largest absolute Gasteiger partial charge is 0.495 e. The second-order valence-corrected chi connectivity index (χ2v) is 6.37. The van der Waals surface area contributed by atoms with Crippen molar-refractivity contribution >= 4 is 34.8 Å². The van der Waals surface area contributed by atoms with Crippen LogP contribution in [0, 0.1) is 5.82 Å². The number of likely N-dealkylation sites (N-methyl/N-ethyl adjacent to an activating group) is 1. The number of nitrogens with zero attached hydrogens (tertiary/aromatic N) is 1. The van der Waals surface area contributed by atoms with E-state index in [1.807, 2.05) is 0 Å². The minimum absolute atomic E-state index is 0.0512. The molecule has 0 bridgehead atoms. The SMILES string of the molecule is COc1cc(OC)c(NC(=O)CN(C)CC(=O)Nc2cccc(F)c2)cc1Cl. The van der Waals surface area contributed by atoms with Crippen molar-refractivity contribution in [1.29, 1.82) is 0 Å². The predicted octanol–water partition coefficient (Wildman–Crippen LogP) is 3.01. The van der Waals surface area contributed by atoms with Crippen molar-refractivity contribution in [2.75, 3.05) is 45.0 Å². The number of halogens is 2. The van der Waals surface area contributed by atoms with Crippen molar-refractivity contribution in [2.24, 2.45) is 0 Å². The molecule has 0 saturated heterocycles. The van der Waals surface area contributed by atoms with Crippen LogP contribution in [0.15, 0.2) is 36.4 Å². The van der Waals surface area contributed by atoms with Gasteiger partial charge in [0, 0.05) is 11.8 Å². The van der Waals surface area contributed by atoms with Crippen LogP contribution in [-0.4, -0.2) is 51.1 Å². The Kier molecular flexibility index (Phi) is 7.60. The number of methoxy groups -OCH3 is 2. The zero-order valence-electron chi connectivity index (χ0n) is 15.7. The van der Waals surface area contributed by atoms with Gasteiger partial charge in [-0.05, 0) is 31.3 Å². The van der Waals surface area contributed by atoms with E-state index in [0.29, 0.717) is 27.9 Å². The van der Waals surface area contributed by atoms with Gasteiger partial charge in [-0.15, -0.1) is 0 Å². The van der Waals surface area contributed by atoms with E-state index in [9.17, 15) is 14.0 Å². The Hall–Kier alpha value is -2.84. The number of hydrogen-bond donors (Lipinski definition) is 2. The van der Waals surface area contributed by atoms with E-state index in [-0.39, 0.29) is 24.9 Å². The molecule has 28 heavy (non-hydrogen) atoms. The fourth-order valence-electron chi connectivity index (χ4n) is 2.46.